The maximum Gasteiger partial charge on any atom is 0.414 e. The molecule has 0 aromatic heterocycles. The zero-order chi connectivity index (χ0) is 12.5. The van der Waals surface area contributed by atoms with Gasteiger partial charge >= 0.3 is 6.09 Å². The van der Waals surface area contributed by atoms with Gasteiger partial charge in [-0.25, -0.2) is 4.79 Å². The lowest BCUT2D eigenvalue weighted by molar-refractivity contribution is 0.125. The van der Waals surface area contributed by atoms with Crippen LogP contribution in [0.4, 0.5) is 4.79 Å². The van der Waals surface area contributed by atoms with E-state index in [4.69, 9.17) is 4.74 Å². The molecular weight excluding hydrogens is 226 g/mol. The molecule has 1 aliphatic heterocycles. The molecule has 0 spiro atoms. The average Bonchev–Trinajstić information content (AvgIpc) is 2.73. The van der Waals surface area contributed by atoms with Crippen LogP contribution in [0.3, 0.4) is 0 Å². The average molecular weight is 241 g/mol. The van der Waals surface area contributed by atoms with Crippen LogP contribution in [-0.2, 0) is 4.74 Å². The van der Waals surface area contributed by atoms with E-state index in [-0.39, 0.29) is 12.1 Å². The van der Waals surface area contributed by atoms with Crippen LogP contribution in [0.5, 0.6) is 0 Å². The molecule has 2 bridgehead atoms. The van der Waals surface area contributed by atoms with Crippen LogP contribution in [0.2, 0.25) is 0 Å². The summed E-state index contributed by atoms with van der Waals surface area (Å²) in [5.41, 5.74) is 1.26. The molecule has 3 heteroatoms. The molecule has 18 heavy (non-hydrogen) atoms. The first-order valence-electron chi connectivity index (χ1n) is 6.09. The van der Waals surface area contributed by atoms with Gasteiger partial charge in [-0.15, -0.1) is 0 Å². The van der Waals surface area contributed by atoms with Crippen molar-refractivity contribution >= 4 is 6.09 Å². The van der Waals surface area contributed by atoms with Crippen molar-refractivity contribution in [2.75, 3.05) is 7.11 Å². The van der Waals surface area contributed by atoms with E-state index in [0.29, 0.717) is 11.8 Å². The Hall–Kier alpha value is -2.03. The first-order valence-corrected chi connectivity index (χ1v) is 6.09. The van der Waals surface area contributed by atoms with Crippen molar-refractivity contribution in [3.8, 4) is 0 Å². The molecule has 0 radical (unpaired) electrons. The molecule has 1 heterocycles. The molecule has 0 N–H and O–H groups in total. The summed E-state index contributed by atoms with van der Waals surface area (Å²) in [6, 6.07) is 10.4. The zero-order valence-electron chi connectivity index (χ0n) is 10.2. The van der Waals surface area contributed by atoms with Gasteiger partial charge in [-0.2, -0.15) is 0 Å². The number of hydrogen-bond donors (Lipinski definition) is 0. The van der Waals surface area contributed by atoms with Crippen molar-refractivity contribution in [1.29, 1.82) is 0 Å². The Balaban J connectivity index is 1.95. The van der Waals surface area contributed by atoms with Gasteiger partial charge in [-0.3, -0.25) is 4.90 Å². The third-order valence-electron chi connectivity index (χ3n) is 3.67. The molecule has 0 saturated carbocycles. The van der Waals surface area contributed by atoms with Gasteiger partial charge in [0.15, 0.2) is 0 Å². The smallest absolute Gasteiger partial charge is 0.414 e. The van der Waals surface area contributed by atoms with Crippen molar-refractivity contribution in [3.63, 3.8) is 0 Å². The Labute approximate surface area is 106 Å². The van der Waals surface area contributed by atoms with Crippen LogP contribution in [0.15, 0.2) is 54.8 Å². The van der Waals surface area contributed by atoms with Crippen LogP contribution < -0.4 is 0 Å². The van der Waals surface area contributed by atoms with Crippen LogP contribution in [0.25, 0.3) is 0 Å². The molecule has 0 unspecified atom stereocenters. The molecule has 0 saturated heterocycles. The Bertz CT molecular complexity index is 506. The highest BCUT2D eigenvalue weighted by Gasteiger charge is 2.39. The minimum atomic E-state index is -0.304. The summed E-state index contributed by atoms with van der Waals surface area (Å²) in [6.45, 7) is 0. The maximum absolute atomic E-state index is 11.8. The van der Waals surface area contributed by atoms with E-state index in [9.17, 15) is 4.79 Å². The predicted molar refractivity (Wildman–Crippen MR) is 69.0 cm³/mol. The zero-order valence-corrected chi connectivity index (χ0v) is 10.2. The number of rotatable bonds is 1. The number of carbonyl (C=O) groups excluding carboxylic acids is 1. The summed E-state index contributed by atoms with van der Waals surface area (Å²) in [6.07, 6.45) is 7.86. The highest BCUT2D eigenvalue weighted by Crippen LogP contribution is 2.41. The first kappa shape index (κ1) is 11.1. The van der Waals surface area contributed by atoms with E-state index in [2.05, 4.69) is 30.4 Å². The normalized spacial score (nSPS) is 28.5. The number of methoxy groups -OCH3 is 1. The molecule has 92 valence electrons. The predicted octanol–water partition coefficient (Wildman–Crippen LogP) is 2.92. The summed E-state index contributed by atoms with van der Waals surface area (Å²) < 4.78 is 4.83. The summed E-state index contributed by atoms with van der Waals surface area (Å²) >= 11 is 0. The van der Waals surface area contributed by atoms with Crippen molar-refractivity contribution in [2.45, 2.75) is 12.0 Å². The summed E-state index contributed by atoms with van der Waals surface area (Å²) in [5.74, 6) is 0.675. The Morgan fingerprint density at radius 1 is 1.17 bits per heavy atom. The van der Waals surface area contributed by atoms with E-state index >= 15 is 0 Å². The second kappa shape index (κ2) is 4.33. The topological polar surface area (TPSA) is 29.5 Å². The van der Waals surface area contributed by atoms with Gasteiger partial charge in [0.2, 0.25) is 0 Å². The number of carbonyl (C=O) groups is 1. The molecule has 2 aliphatic rings. The minimum Gasteiger partial charge on any atom is -0.452 e. The van der Waals surface area contributed by atoms with Crippen molar-refractivity contribution in [2.24, 2.45) is 5.92 Å². The van der Waals surface area contributed by atoms with Gasteiger partial charge in [-0.05, 0) is 5.56 Å². The highest BCUT2D eigenvalue weighted by atomic mass is 16.5. The van der Waals surface area contributed by atoms with Gasteiger partial charge in [0.05, 0.1) is 13.2 Å². The van der Waals surface area contributed by atoms with Gasteiger partial charge < -0.3 is 4.74 Å². The highest BCUT2D eigenvalue weighted by molar-refractivity contribution is 5.70. The molecule has 3 rings (SSSR count). The molecule has 0 fully saturated rings. The van der Waals surface area contributed by atoms with Gasteiger partial charge in [-0.1, -0.05) is 48.6 Å². The third kappa shape index (κ3) is 1.63. The number of hydrogen-bond acceptors (Lipinski definition) is 2. The standard InChI is InChI=1S/C15H15NO2/c1-18-15(17)16-10-9-12-7-8-13(16)14(12)11-5-3-2-4-6-11/h2-10,12-14H,1H3/t12-,13-,14-/m1/s1. The summed E-state index contributed by atoms with van der Waals surface area (Å²) in [5, 5.41) is 0. The molecule has 1 aromatic carbocycles. The molecular formula is C15H15NO2. The largest absolute Gasteiger partial charge is 0.452 e. The van der Waals surface area contributed by atoms with Crippen LogP contribution in [0.1, 0.15) is 11.5 Å². The number of allylic oxidation sites excluding steroid dienone is 2. The van der Waals surface area contributed by atoms with Crippen LogP contribution in [-0.4, -0.2) is 24.1 Å². The monoisotopic (exact) mass is 241 g/mol. The van der Waals surface area contributed by atoms with E-state index < -0.39 is 0 Å². The number of fused-ring (bicyclic) bond motifs is 2. The number of nitrogens with zero attached hydrogens (tertiary/aromatic N) is 1. The molecule has 3 atom stereocenters. The minimum absolute atomic E-state index is 0.0647. The number of ether oxygens (including phenoxy) is 1. The van der Waals surface area contributed by atoms with Crippen molar-refractivity contribution in [1.82, 2.24) is 4.90 Å². The molecule has 1 amide bonds. The van der Waals surface area contributed by atoms with Gasteiger partial charge in [0.25, 0.3) is 0 Å². The second-order valence-corrected chi connectivity index (χ2v) is 4.61. The Kier molecular flexibility index (Phi) is 2.67. The lowest BCUT2D eigenvalue weighted by Gasteiger charge is -2.34. The van der Waals surface area contributed by atoms with Crippen molar-refractivity contribution < 1.29 is 9.53 Å². The lowest BCUT2D eigenvalue weighted by atomic mass is 9.83. The van der Waals surface area contributed by atoms with E-state index in [1.165, 1.54) is 12.7 Å². The quantitative estimate of drug-likeness (QED) is 0.707. The van der Waals surface area contributed by atoms with E-state index in [0.717, 1.165) is 0 Å². The molecule has 1 aliphatic carbocycles. The summed E-state index contributed by atoms with van der Waals surface area (Å²) in [4.78, 5) is 13.4. The molecule has 1 aromatic rings. The van der Waals surface area contributed by atoms with Gasteiger partial charge in [0, 0.05) is 18.0 Å². The summed E-state index contributed by atoms with van der Waals surface area (Å²) in [7, 11) is 1.42. The van der Waals surface area contributed by atoms with E-state index in [1.54, 1.807) is 4.90 Å². The SMILES string of the molecule is COC(=O)N1C=C[C@H]2C=C[C@@H]1[C@@H]2c1ccccc1. The number of benzene rings is 1. The van der Waals surface area contributed by atoms with E-state index in [1.807, 2.05) is 24.4 Å². The van der Waals surface area contributed by atoms with Crippen LogP contribution in [0, 0.1) is 5.92 Å². The fraction of sp³-hybridized carbons (Fsp3) is 0.267. The number of amides is 1. The van der Waals surface area contributed by atoms with Gasteiger partial charge in [0.1, 0.15) is 0 Å². The fourth-order valence-corrected chi connectivity index (χ4v) is 2.83. The maximum atomic E-state index is 11.8. The fourth-order valence-electron chi connectivity index (χ4n) is 2.83. The van der Waals surface area contributed by atoms with Crippen molar-refractivity contribution in [3.05, 3.63) is 60.3 Å². The lowest BCUT2D eigenvalue weighted by Crippen LogP contribution is -2.40. The first-order chi connectivity index (χ1) is 8.81. The Morgan fingerprint density at radius 2 is 1.94 bits per heavy atom. The van der Waals surface area contributed by atoms with Crippen LogP contribution >= 0.6 is 0 Å². The third-order valence-corrected chi connectivity index (χ3v) is 3.67. The molecule has 3 nitrogen and oxygen atoms in total. The Morgan fingerprint density at radius 3 is 2.67 bits per heavy atom. The second-order valence-electron chi connectivity index (χ2n) is 4.61.